The van der Waals surface area contributed by atoms with Crippen molar-refractivity contribution in [3.05, 3.63) is 53.7 Å². The lowest BCUT2D eigenvalue weighted by atomic mass is 9.79. The Morgan fingerprint density at radius 3 is 2.57 bits per heavy atom. The van der Waals surface area contributed by atoms with Crippen molar-refractivity contribution in [2.75, 3.05) is 20.2 Å². The highest BCUT2D eigenvalue weighted by atomic mass is 16.5. The van der Waals surface area contributed by atoms with Crippen LogP contribution in [-0.4, -0.2) is 75.0 Å². The molecule has 11 nitrogen and oxygen atoms in total. The van der Waals surface area contributed by atoms with Gasteiger partial charge in [-0.2, -0.15) is 0 Å². The molecule has 0 N–H and O–H groups in total. The van der Waals surface area contributed by atoms with E-state index >= 15 is 0 Å². The van der Waals surface area contributed by atoms with Gasteiger partial charge in [0.2, 0.25) is 23.6 Å². The first-order chi connectivity index (χ1) is 16.7. The van der Waals surface area contributed by atoms with Crippen LogP contribution in [0.4, 0.5) is 0 Å². The minimum absolute atomic E-state index is 0.0742. The maximum absolute atomic E-state index is 13.9. The highest BCUT2D eigenvalue weighted by Crippen LogP contribution is 2.56. The van der Waals surface area contributed by atoms with Crippen molar-refractivity contribution in [3.8, 4) is 0 Å². The Balaban J connectivity index is 1.60. The molecule has 3 aliphatic heterocycles. The van der Waals surface area contributed by atoms with Crippen molar-refractivity contribution in [2.45, 2.75) is 32.0 Å². The molecule has 5 heterocycles. The van der Waals surface area contributed by atoms with E-state index in [4.69, 9.17) is 4.42 Å². The Kier molecular flexibility index (Phi) is 5.22. The summed E-state index contributed by atoms with van der Waals surface area (Å²) in [5, 5.41) is 0. The van der Waals surface area contributed by atoms with Crippen LogP contribution in [0.25, 0.3) is 0 Å². The van der Waals surface area contributed by atoms with Gasteiger partial charge in [-0.15, -0.1) is 0 Å². The van der Waals surface area contributed by atoms with Gasteiger partial charge in [-0.25, -0.2) is 0 Å². The largest absolute Gasteiger partial charge is 0.468 e. The summed E-state index contributed by atoms with van der Waals surface area (Å²) < 4.78 is 10.4. The second-order valence-electron chi connectivity index (χ2n) is 9.13. The molecule has 0 radical (unpaired) electrons. The summed E-state index contributed by atoms with van der Waals surface area (Å²) in [5.74, 6) is -4.37. The van der Waals surface area contributed by atoms with E-state index in [0.717, 1.165) is 12.0 Å². The average Bonchev–Trinajstić information content (AvgIpc) is 3.46. The van der Waals surface area contributed by atoms with Gasteiger partial charge in [0, 0.05) is 6.20 Å². The number of imide groups is 1. The number of methoxy groups -OCH3 is 1. The van der Waals surface area contributed by atoms with E-state index < -0.39 is 59.6 Å². The number of carbonyl (C=O) groups is 5. The third kappa shape index (κ3) is 3.25. The van der Waals surface area contributed by atoms with Gasteiger partial charge >= 0.3 is 5.97 Å². The lowest BCUT2D eigenvalue weighted by molar-refractivity contribution is -0.169. The molecule has 0 aliphatic carbocycles. The minimum Gasteiger partial charge on any atom is -0.468 e. The summed E-state index contributed by atoms with van der Waals surface area (Å²) in [4.78, 5) is 74.2. The minimum atomic E-state index is -1.66. The Morgan fingerprint density at radius 2 is 1.94 bits per heavy atom. The van der Waals surface area contributed by atoms with E-state index in [0.29, 0.717) is 17.2 Å². The zero-order chi connectivity index (χ0) is 25.1. The molecule has 3 saturated heterocycles. The number of aryl methyl sites for hydroxylation is 1. The number of nitrogens with zero attached hydrogens (tertiary/aromatic N) is 4. The normalized spacial score (nSPS) is 28.0. The standard InChI is InChI=1S/C24H24N4O7/c1-13-7-8-15(35-13)20-18-19(22(32)27(21(18)31)12-17(30)34-3)24(2)23(33)26(11-16(29)28(20)24)10-14-6-4-5-9-25-14/h4-9,18-20H,10-12H2,1-3H3/t18?,19?,20?,24-/m1/s1. The molecule has 11 heteroatoms. The molecule has 3 aliphatic rings. The number of ether oxygens (including phenoxy) is 1. The number of hydrogen-bond acceptors (Lipinski definition) is 8. The summed E-state index contributed by atoms with van der Waals surface area (Å²) in [5.41, 5.74) is -1.07. The van der Waals surface area contributed by atoms with Crippen LogP contribution in [0, 0.1) is 18.8 Å². The molecule has 0 saturated carbocycles. The number of hydrogen-bond donors (Lipinski definition) is 0. The molecule has 0 bridgehead atoms. The molecule has 4 atom stereocenters. The third-order valence-corrected chi connectivity index (χ3v) is 7.13. The smallest absolute Gasteiger partial charge is 0.325 e. The van der Waals surface area contributed by atoms with Crippen LogP contribution in [0.3, 0.4) is 0 Å². The molecule has 3 fully saturated rings. The van der Waals surface area contributed by atoms with Crippen LogP contribution in [0.5, 0.6) is 0 Å². The van der Waals surface area contributed by atoms with Gasteiger partial charge in [0.25, 0.3) is 0 Å². The molecule has 182 valence electrons. The van der Waals surface area contributed by atoms with Crippen molar-refractivity contribution >= 4 is 29.6 Å². The second kappa shape index (κ2) is 8.03. The number of piperazine rings is 1. The summed E-state index contributed by atoms with van der Waals surface area (Å²) >= 11 is 0. The first kappa shape index (κ1) is 22.8. The fraction of sp³-hybridized carbons (Fsp3) is 0.417. The monoisotopic (exact) mass is 480 g/mol. The first-order valence-corrected chi connectivity index (χ1v) is 11.2. The van der Waals surface area contributed by atoms with Crippen molar-refractivity contribution in [3.63, 3.8) is 0 Å². The van der Waals surface area contributed by atoms with E-state index in [1.54, 1.807) is 43.5 Å². The van der Waals surface area contributed by atoms with Gasteiger partial charge in [0.05, 0.1) is 31.2 Å². The molecular weight excluding hydrogens is 456 g/mol. The number of pyridine rings is 1. The van der Waals surface area contributed by atoms with Gasteiger partial charge < -0.3 is 19.0 Å². The molecular formula is C24H24N4O7. The van der Waals surface area contributed by atoms with E-state index in [1.165, 1.54) is 16.7 Å². The third-order valence-electron chi connectivity index (χ3n) is 7.13. The molecule has 0 spiro atoms. The Bertz CT molecular complexity index is 1240. The van der Waals surface area contributed by atoms with Crippen molar-refractivity contribution in [1.82, 2.24) is 19.7 Å². The van der Waals surface area contributed by atoms with Crippen LogP contribution in [0.15, 0.2) is 40.9 Å². The second-order valence-corrected chi connectivity index (χ2v) is 9.13. The van der Waals surface area contributed by atoms with Crippen LogP contribution in [0.1, 0.15) is 30.2 Å². The van der Waals surface area contributed by atoms with E-state index in [9.17, 15) is 24.0 Å². The highest BCUT2D eigenvalue weighted by molar-refractivity contribution is 6.13. The number of amides is 4. The topological polar surface area (TPSA) is 130 Å². The van der Waals surface area contributed by atoms with Gasteiger partial charge in [0.15, 0.2) is 0 Å². The van der Waals surface area contributed by atoms with Crippen LogP contribution >= 0.6 is 0 Å². The van der Waals surface area contributed by atoms with Crippen molar-refractivity contribution in [1.29, 1.82) is 0 Å². The van der Waals surface area contributed by atoms with Crippen molar-refractivity contribution < 1.29 is 33.1 Å². The Morgan fingerprint density at radius 1 is 1.17 bits per heavy atom. The van der Waals surface area contributed by atoms with E-state index in [-0.39, 0.29) is 13.1 Å². The van der Waals surface area contributed by atoms with Gasteiger partial charge in [0.1, 0.15) is 36.2 Å². The molecule has 2 aromatic rings. The Hall–Kier alpha value is -4.02. The summed E-state index contributed by atoms with van der Waals surface area (Å²) in [6.07, 6.45) is 1.59. The average molecular weight is 480 g/mol. The summed E-state index contributed by atoms with van der Waals surface area (Å²) in [6.45, 7) is 2.51. The molecule has 0 aromatic carbocycles. The number of rotatable bonds is 5. The summed E-state index contributed by atoms with van der Waals surface area (Å²) in [6, 6.07) is 7.62. The number of fused-ring (bicyclic) bond motifs is 3. The zero-order valence-electron chi connectivity index (χ0n) is 19.5. The fourth-order valence-corrected chi connectivity index (χ4v) is 5.62. The highest BCUT2D eigenvalue weighted by Gasteiger charge is 2.73. The maximum Gasteiger partial charge on any atom is 0.325 e. The lowest BCUT2D eigenvalue weighted by Crippen LogP contribution is -2.67. The molecule has 35 heavy (non-hydrogen) atoms. The van der Waals surface area contributed by atoms with E-state index in [1.807, 2.05) is 0 Å². The van der Waals surface area contributed by atoms with E-state index in [2.05, 4.69) is 9.72 Å². The van der Waals surface area contributed by atoms with Crippen LogP contribution in [-0.2, 0) is 35.3 Å². The zero-order valence-corrected chi connectivity index (χ0v) is 19.5. The quantitative estimate of drug-likeness (QED) is 0.445. The number of likely N-dealkylation sites (tertiary alicyclic amines) is 1. The lowest BCUT2D eigenvalue weighted by Gasteiger charge is -2.46. The molecule has 5 rings (SSSR count). The molecule has 4 amide bonds. The number of carbonyl (C=O) groups excluding carboxylic acids is 5. The Labute approximate surface area is 200 Å². The fourth-order valence-electron chi connectivity index (χ4n) is 5.62. The predicted octanol–water partition coefficient (Wildman–Crippen LogP) is 0.442. The summed E-state index contributed by atoms with van der Waals surface area (Å²) in [7, 11) is 1.16. The van der Waals surface area contributed by atoms with Crippen LogP contribution in [0.2, 0.25) is 0 Å². The van der Waals surface area contributed by atoms with Crippen molar-refractivity contribution in [2.24, 2.45) is 11.8 Å². The van der Waals surface area contributed by atoms with Gasteiger partial charge in [-0.05, 0) is 38.1 Å². The molecule has 2 aromatic heterocycles. The van der Waals surface area contributed by atoms with Gasteiger partial charge in [-0.1, -0.05) is 6.07 Å². The maximum atomic E-state index is 13.9. The number of esters is 1. The van der Waals surface area contributed by atoms with Crippen LogP contribution < -0.4 is 0 Å². The van der Waals surface area contributed by atoms with Gasteiger partial charge in [-0.3, -0.25) is 33.9 Å². The molecule has 3 unspecified atom stereocenters. The number of furan rings is 1. The first-order valence-electron chi connectivity index (χ1n) is 11.2. The predicted molar refractivity (Wildman–Crippen MR) is 117 cm³/mol. The number of aromatic nitrogens is 1. The SMILES string of the molecule is COC(=O)CN1C(=O)C2C(c3ccc(C)o3)N3C(=O)CN(Cc4ccccn4)C(=O)[C@@]3(C)C2C1=O.